The molecule has 0 radical (unpaired) electrons. The van der Waals surface area contributed by atoms with E-state index < -0.39 is 63.1 Å². The summed E-state index contributed by atoms with van der Waals surface area (Å²) in [4.78, 5) is 15.1. The van der Waals surface area contributed by atoms with Crippen molar-refractivity contribution in [2.75, 3.05) is 12.8 Å². The van der Waals surface area contributed by atoms with E-state index in [4.69, 9.17) is 17.3 Å². The third kappa shape index (κ3) is 2.99. The van der Waals surface area contributed by atoms with Gasteiger partial charge in [-0.1, -0.05) is 11.6 Å². The highest BCUT2D eigenvalue weighted by Crippen LogP contribution is 2.35. The molecule has 0 bridgehead atoms. The summed E-state index contributed by atoms with van der Waals surface area (Å²) in [5, 5.41) is -0.576. The third-order valence-electron chi connectivity index (χ3n) is 3.07. The van der Waals surface area contributed by atoms with Crippen LogP contribution in [0.3, 0.4) is 0 Å². The molecule has 0 aliphatic heterocycles. The number of rotatable bonds is 3. The molecule has 0 saturated carbocycles. The predicted octanol–water partition coefficient (Wildman–Crippen LogP) is 4.13. The van der Waals surface area contributed by atoms with E-state index in [9.17, 15) is 26.7 Å². The van der Waals surface area contributed by atoms with E-state index in [1.165, 1.54) is 0 Å². The van der Waals surface area contributed by atoms with Crippen LogP contribution in [0.15, 0.2) is 12.1 Å². The minimum atomic E-state index is -3.27. The predicted molar refractivity (Wildman–Crippen MR) is 75.3 cm³/mol. The number of hydrogen-bond donors (Lipinski definition) is 1. The van der Waals surface area contributed by atoms with Gasteiger partial charge in [-0.3, -0.25) is 0 Å². The van der Waals surface area contributed by atoms with Crippen LogP contribution in [0.1, 0.15) is 22.5 Å². The molecule has 0 fully saturated rings. The van der Waals surface area contributed by atoms with Crippen LogP contribution in [0.2, 0.25) is 5.02 Å². The number of carbonyl (C=O) groups is 1. The van der Waals surface area contributed by atoms with Gasteiger partial charge in [-0.25, -0.2) is 31.7 Å². The molecule has 2 N–H and O–H groups in total. The highest BCUT2D eigenvalue weighted by molar-refractivity contribution is 6.35. The Labute approximate surface area is 137 Å². The van der Waals surface area contributed by atoms with Gasteiger partial charge in [0.15, 0.2) is 11.5 Å². The summed E-state index contributed by atoms with van der Waals surface area (Å²) in [6.45, 7) is 0. The van der Waals surface area contributed by atoms with Crippen molar-refractivity contribution >= 4 is 23.3 Å². The van der Waals surface area contributed by atoms with Crippen LogP contribution in [0.4, 0.5) is 27.6 Å². The van der Waals surface area contributed by atoms with Gasteiger partial charge in [0.25, 0.3) is 6.43 Å². The molecule has 0 aliphatic rings. The summed E-state index contributed by atoms with van der Waals surface area (Å²) in [6.07, 6.45) is -3.27. The molecule has 10 heteroatoms. The lowest BCUT2D eigenvalue weighted by Crippen LogP contribution is -2.11. The number of halogens is 6. The molecule has 2 aromatic rings. The van der Waals surface area contributed by atoms with E-state index >= 15 is 0 Å². The molecule has 1 aromatic carbocycles. The maximum Gasteiger partial charge on any atom is 0.358 e. The minimum Gasteiger partial charge on any atom is -0.464 e. The van der Waals surface area contributed by atoms with Crippen LogP contribution in [-0.2, 0) is 4.74 Å². The second kappa shape index (κ2) is 6.60. The summed E-state index contributed by atoms with van der Waals surface area (Å²) < 4.78 is 71.4. The van der Waals surface area contributed by atoms with Crippen molar-refractivity contribution in [1.29, 1.82) is 0 Å². The fourth-order valence-corrected chi connectivity index (χ4v) is 2.09. The summed E-state index contributed by atoms with van der Waals surface area (Å²) >= 11 is 5.67. The average Bonchev–Trinajstić information content (AvgIpc) is 2.54. The Morgan fingerprint density at radius 1 is 1.25 bits per heavy atom. The summed E-state index contributed by atoms with van der Waals surface area (Å²) in [5.74, 6) is -5.29. The lowest BCUT2D eigenvalue weighted by molar-refractivity contribution is 0.0594. The second-order valence-corrected chi connectivity index (χ2v) is 4.87. The number of benzene rings is 1. The van der Waals surface area contributed by atoms with Crippen molar-refractivity contribution in [3.05, 3.63) is 45.9 Å². The normalized spacial score (nSPS) is 11.0. The van der Waals surface area contributed by atoms with Crippen molar-refractivity contribution in [3.8, 4) is 11.3 Å². The number of pyridine rings is 1. The largest absolute Gasteiger partial charge is 0.464 e. The molecule has 24 heavy (non-hydrogen) atoms. The van der Waals surface area contributed by atoms with E-state index in [0.29, 0.717) is 6.07 Å². The third-order valence-corrected chi connectivity index (χ3v) is 3.45. The van der Waals surface area contributed by atoms with Gasteiger partial charge < -0.3 is 10.5 Å². The maximum absolute atomic E-state index is 14.2. The van der Waals surface area contributed by atoms with Gasteiger partial charge in [-0.15, -0.1) is 0 Å². The Hall–Kier alpha value is -2.42. The molecule has 128 valence electrons. The first-order valence-corrected chi connectivity index (χ1v) is 6.57. The van der Waals surface area contributed by atoms with E-state index in [1.807, 2.05) is 0 Å². The Kier molecular flexibility index (Phi) is 4.93. The molecule has 0 saturated heterocycles. The number of hydrogen-bond acceptors (Lipinski definition) is 4. The molecule has 2 rings (SSSR count). The van der Waals surface area contributed by atoms with Gasteiger partial charge in [-0.2, -0.15) is 0 Å². The van der Waals surface area contributed by atoms with Crippen molar-refractivity contribution in [2.24, 2.45) is 0 Å². The number of alkyl halides is 2. The number of carbonyl (C=O) groups excluding carboxylic acids is 1. The van der Waals surface area contributed by atoms with Gasteiger partial charge in [-0.05, 0) is 12.1 Å². The molecular formula is C14H8ClF5N2O2. The average molecular weight is 367 g/mol. The Bertz CT molecular complexity index is 830. The Morgan fingerprint density at radius 2 is 1.88 bits per heavy atom. The smallest absolute Gasteiger partial charge is 0.358 e. The van der Waals surface area contributed by atoms with Crippen molar-refractivity contribution in [2.45, 2.75) is 6.43 Å². The zero-order chi connectivity index (χ0) is 18.2. The number of nitrogens with two attached hydrogens (primary N) is 1. The molecule has 0 amide bonds. The van der Waals surface area contributed by atoms with Gasteiger partial charge in [0, 0.05) is 5.56 Å². The van der Waals surface area contributed by atoms with Crippen molar-refractivity contribution in [1.82, 2.24) is 4.98 Å². The van der Waals surface area contributed by atoms with Crippen LogP contribution in [-0.4, -0.2) is 18.1 Å². The second-order valence-electron chi connectivity index (χ2n) is 4.50. The van der Waals surface area contributed by atoms with Crippen LogP contribution in [0.25, 0.3) is 11.3 Å². The molecule has 1 aromatic heterocycles. The lowest BCUT2D eigenvalue weighted by atomic mass is 10.1. The first kappa shape index (κ1) is 17.9. The van der Waals surface area contributed by atoms with E-state index in [1.54, 1.807) is 0 Å². The highest BCUT2D eigenvalue weighted by atomic mass is 35.5. The minimum absolute atomic E-state index is 0.207. The number of methoxy groups -OCH3 is 1. The number of esters is 1. The monoisotopic (exact) mass is 366 g/mol. The SMILES string of the molecule is COC(=O)c1nc(-c2cc(F)c(C(F)F)cc2F)c(F)c(N)c1Cl. The van der Waals surface area contributed by atoms with Crippen LogP contribution >= 0.6 is 11.6 Å². The van der Waals surface area contributed by atoms with E-state index in [-0.39, 0.29) is 6.07 Å². The molecule has 0 aliphatic carbocycles. The maximum atomic E-state index is 14.2. The molecule has 4 nitrogen and oxygen atoms in total. The van der Waals surface area contributed by atoms with Crippen LogP contribution < -0.4 is 5.73 Å². The standard InChI is InChI=1S/C14H8ClF5N2O2/c1-24-14(23)12-8(15)10(21)9(18)11(22-12)4-2-7(17)5(13(19)20)3-6(4)16/h2-3,13H,1H3,(H2,21,22). The summed E-state index contributed by atoms with van der Waals surface area (Å²) in [7, 11) is 0.983. The quantitative estimate of drug-likeness (QED) is 0.655. The topological polar surface area (TPSA) is 65.2 Å². The number of ether oxygens (including phenoxy) is 1. The van der Waals surface area contributed by atoms with Crippen LogP contribution in [0, 0.1) is 17.5 Å². The van der Waals surface area contributed by atoms with Gasteiger partial charge in [0.2, 0.25) is 0 Å². The Balaban J connectivity index is 2.76. The number of nitrogens with zero attached hydrogens (tertiary/aromatic N) is 1. The van der Waals surface area contributed by atoms with Crippen molar-refractivity contribution < 1.29 is 31.5 Å². The lowest BCUT2D eigenvalue weighted by Gasteiger charge is -2.12. The zero-order valence-electron chi connectivity index (χ0n) is 11.8. The molecule has 0 spiro atoms. The number of aromatic nitrogens is 1. The summed E-state index contributed by atoms with van der Waals surface area (Å²) in [5.41, 5.74) is 1.13. The molecule has 0 unspecified atom stereocenters. The molecular weight excluding hydrogens is 359 g/mol. The zero-order valence-corrected chi connectivity index (χ0v) is 12.6. The van der Waals surface area contributed by atoms with Crippen molar-refractivity contribution in [3.63, 3.8) is 0 Å². The van der Waals surface area contributed by atoms with Crippen LogP contribution in [0.5, 0.6) is 0 Å². The van der Waals surface area contributed by atoms with Gasteiger partial charge in [0.05, 0.1) is 23.4 Å². The van der Waals surface area contributed by atoms with Gasteiger partial charge >= 0.3 is 5.97 Å². The molecule has 1 heterocycles. The van der Waals surface area contributed by atoms with Gasteiger partial charge in [0.1, 0.15) is 17.3 Å². The molecule has 0 atom stereocenters. The van der Waals surface area contributed by atoms with E-state index in [0.717, 1.165) is 7.11 Å². The first-order chi connectivity index (χ1) is 11.2. The summed E-state index contributed by atoms with van der Waals surface area (Å²) in [6, 6.07) is 0.537. The number of anilines is 1. The Morgan fingerprint density at radius 3 is 2.42 bits per heavy atom. The fraction of sp³-hybridized carbons (Fsp3) is 0.143. The fourth-order valence-electron chi connectivity index (χ4n) is 1.88. The first-order valence-electron chi connectivity index (χ1n) is 6.19. The number of nitrogen functional groups attached to an aromatic ring is 1. The highest BCUT2D eigenvalue weighted by Gasteiger charge is 2.26. The van der Waals surface area contributed by atoms with E-state index in [2.05, 4.69) is 9.72 Å².